The molecule has 3 amide bonds. The lowest BCUT2D eigenvalue weighted by Crippen LogP contribution is -2.41. The van der Waals surface area contributed by atoms with Crippen molar-refractivity contribution in [1.29, 1.82) is 0 Å². The van der Waals surface area contributed by atoms with E-state index in [0.717, 1.165) is 29.1 Å². The summed E-state index contributed by atoms with van der Waals surface area (Å²) in [6.07, 6.45) is 8.16. The van der Waals surface area contributed by atoms with Crippen LogP contribution in [-0.4, -0.2) is 58.8 Å². The van der Waals surface area contributed by atoms with Crippen molar-refractivity contribution in [2.45, 2.75) is 26.2 Å². The summed E-state index contributed by atoms with van der Waals surface area (Å²) >= 11 is 0. The number of carbonyl (C=O) groups excluding carboxylic acids is 3. The van der Waals surface area contributed by atoms with Gasteiger partial charge in [0.25, 0.3) is 5.91 Å². The molecular weight excluding hydrogens is 410 g/mol. The Kier molecular flexibility index (Phi) is 6.57. The molecule has 1 aliphatic carbocycles. The number of hydrogen-bond donors (Lipinski definition) is 2. The van der Waals surface area contributed by atoms with E-state index in [-0.39, 0.29) is 22.9 Å². The molecule has 1 atom stereocenters. The molecule has 168 valence electrons. The summed E-state index contributed by atoms with van der Waals surface area (Å²) in [5, 5.41) is 13.9. The number of pyridine rings is 2. The number of aromatic hydroxyl groups is 1. The molecule has 0 spiro atoms. The van der Waals surface area contributed by atoms with Crippen LogP contribution in [0.25, 0.3) is 10.9 Å². The van der Waals surface area contributed by atoms with Gasteiger partial charge in [0, 0.05) is 39.0 Å². The minimum Gasteiger partial charge on any atom is -0.504 e. The largest absolute Gasteiger partial charge is 0.504 e. The lowest BCUT2D eigenvalue weighted by Gasteiger charge is -2.23. The van der Waals surface area contributed by atoms with E-state index >= 15 is 0 Å². The Balaban J connectivity index is 2.06. The predicted octanol–water partition coefficient (Wildman–Crippen LogP) is 2.29. The van der Waals surface area contributed by atoms with E-state index in [1.165, 1.54) is 27.3 Å². The van der Waals surface area contributed by atoms with Crippen molar-refractivity contribution >= 4 is 34.4 Å². The van der Waals surface area contributed by atoms with Crippen LogP contribution in [0.5, 0.6) is 5.75 Å². The molecule has 0 bridgehead atoms. The van der Waals surface area contributed by atoms with Crippen LogP contribution in [-0.2, 0) is 9.59 Å². The van der Waals surface area contributed by atoms with Gasteiger partial charge < -0.3 is 15.3 Å². The average Bonchev–Trinajstić information content (AvgIpc) is 2.78. The summed E-state index contributed by atoms with van der Waals surface area (Å²) < 4.78 is 0. The van der Waals surface area contributed by atoms with Gasteiger partial charge in [0.15, 0.2) is 11.4 Å². The maximum absolute atomic E-state index is 13.0. The molecule has 2 N–H and O–H groups in total. The Hall–Kier alpha value is -3.75. The Morgan fingerprint density at radius 2 is 1.91 bits per heavy atom. The van der Waals surface area contributed by atoms with E-state index in [0.29, 0.717) is 16.6 Å². The lowest BCUT2D eigenvalue weighted by atomic mass is 9.92. The fraction of sp³-hybridized carbons (Fsp3) is 0.348. The van der Waals surface area contributed by atoms with Gasteiger partial charge in [0.1, 0.15) is 11.3 Å². The SMILES string of the molecule is C=C(NC(=O)c1nc(N(C)C(=O)C(=O)N(C)C)c2c(C)ccnc2c1O)C1CC=CCC1. The number of anilines is 1. The molecule has 0 saturated carbocycles. The summed E-state index contributed by atoms with van der Waals surface area (Å²) in [5.74, 6) is -2.49. The molecule has 1 unspecified atom stereocenters. The first-order valence-electron chi connectivity index (χ1n) is 10.3. The number of nitrogens with one attached hydrogen (secondary N) is 1. The van der Waals surface area contributed by atoms with Crippen LogP contribution in [0.15, 0.2) is 36.7 Å². The first-order valence-corrected chi connectivity index (χ1v) is 10.3. The molecule has 0 aliphatic heterocycles. The van der Waals surface area contributed by atoms with Gasteiger partial charge in [0.2, 0.25) is 0 Å². The van der Waals surface area contributed by atoms with Gasteiger partial charge in [-0.2, -0.15) is 0 Å². The number of allylic oxidation sites excluding steroid dienone is 3. The van der Waals surface area contributed by atoms with Crippen molar-refractivity contribution in [1.82, 2.24) is 20.2 Å². The minimum absolute atomic E-state index is 0.0555. The standard InChI is InChI=1S/C23H27N5O4/c1-13-11-12-24-17-16(13)20(28(5)23(32)22(31)27(3)4)26-18(19(17)29)21(30)25-14(2)15-9-7-6-8-10-15/h6-7,11-12,15,29H,2,8-10H2,1,3-5H3,(H,25,30). The molecule has 0 radical (unpaired) electrons. The number of fused-ring (bicyclic) bond motifs is 1. The van der Waals surface area contributed by atoms with Gasteiger partial charge in [0.05, 0.1) is 5.39 Å². The maximum Gasteiger partial charge on any atom is 0.317 e. The Morgan fingerprint density at radius 1 is 1.19 bits per heavy atom. The molecule has 2 aromatic rings. The zero-order valence-corrected chi connectivity index (χ0v) is 18.7. The third-order valence-corrected chi connectivity index (χ3v) is 5.51. The van der Waals surface area contributed by atoms with Gasteiger partial charge in [-0.1, -0.05) is 18.7 Å². The normalized spacial score (nSPS) is 15.3. The number of hydrogen-bond acceptors (Lipinski definition) is 6. The van der Waals surface area contributed by atoms with Crippen molar-refractivity contribution in [3.63, 3.8) is 0 Å². The zero-order chi connectivity index (χ0) is 23.6. The molecule has 2 heterocycles. The smallest absolute Gasteiger partial charge is 0.317 e. The first kappa shape index (κ1) is 22.9. The van der Waals surface area contributed by atoms with Crippen molar-refractivity contribution in [2.24, 2.45) is 5.92 Å². The third kappa shape index (κ3) is 4.32. The maximum atomic E-state index is 13.0. The van der Waals surface area contributed by atoms with Gasteiger partial charge in [-0.05, 0) is 37.8 Å². The van der Waals surface area contributed by atoms with Gasteiger partial charge >= 0.3 is 11.8 Å². The molecular formula is C23H27N5O4. The van der Waals surface area contributed by atoms with Crippen molar-refractivity contribution < 1.29 is 19.5 Å². The molecule has 1 aliphatic rings. The number of likely N-dealkylation sites (N-methyl/N-ethyl adjacent to an activating group) is 2. The second-order valence-electron chi connectivity index (χ2n) is 8.01. The van der Waals surface area contributed by atoms with Crippen molar-refractivity contribution in [2.75, 3.05) is 26.0 Å². The molecule has 2 aromatic heterocycles. The quantitative estimate of drug-likeness (QED) is 0.560. The second-order valence-corrected chi connectivity index (χ2v) is 8.01. The Labute approximate surface area is 186 Å². The lowest BCUT2D eigenvalue weighted by molar-refractivity contribution is -0.142. The topological polar surface area (TPSA) is 116 Å². The highest BCUT2D eigenvalue weighted by Crippen LogP contribution is 2.34. The number of aromatic nitrogens is 2. The highest BCUT2D eigenvalue weighted by atomic mass is 16.3. The molecule has 32 heavy (non-hydrogen) atoms. The van der Waals surface area contributed by atoms with Crippen LogP contribution in [0.2, 0.25) is 0 Å². The van der Waals surface area contributed by atoms with E-state index < -0.39 is 23.5 Å². The number of rotatable bonds is 4. The molecule has 9 heteroatoms. The van der Waals surface area contributed by atoms with E-state index in [1.54, 1.807) is 13.0 Å². The zero-order valence-electron chi connectivity index (χ0n) is 18.7. The molecule has 9 nitrogen and oxygen atoms in total. The number of nitrogens with zero attached hydrogens (tertiary/aromatic N) is 4. The highest BCUT2D eigenvalue weighted by molar-refractivity contribution is 6.40. The van der Waals surface area contributed by atoms with Crippen molar-refractivity contribution in [3.05, 3.63) is 47.9 Å². The summed E-state index contributed by atoms with van der Waals surface area (Å²) in [6, 6.07) is 1.69. The summed E-state index contributed by atoms with van der Waals surface area (Å²) in [4.78, 5) is 48.6. The number of carbonyl (C=O) groups is 3. The molecule has 0 aromatic carbocycles. The predicted molar refractivity (Wildman–Crippen MR) is 121 cm³/mol. The van der Waals surface area contributed by atoms with E-state index in [9.17, 15) is 19.5 Å². The van der Waals surface area contributed by atoms with Crippen LogP contribution >= 0.6 is 0 Å². The van der Waals surface area contributed by atoms with E-state index in [4.69, 9.17) is 0 Å². The second kappa shape index (κ2) is 9.17. The minimum atomic E-state index is -0.831. The van der Waals surface area contributed by atoms with Gasteiger partial charge in [-0.25, -0.2) is 4.98 Å². The van der Waals surface area contributed by atoms with Crippen molar-refractivity contribution in [3.8, 4) is 5.75 Å². The van der Waals surface area contributed by atoms with Crippen LogP contribution in [0.1, 0.15) is 35.3 Å². The van der Waals surface area contributed by atoms with E-state index in [2.05, 4.69) is 27.9 Å². The van der Waals surface area contributed by atoms with Crippen LogP contribution in [0.4, 0.5) is 5.82 Å². The summed E-state index contributed by atoms with van der Waals surface area (Å²) in [6.45, 7) is 5.74. The van der Waals surface area contributed by atoms with Gasteiger partial charge in [-0.15, -0.1) is 0 Å². The molecule has 0 saturated heterocycles. The average molecular weight is 438 g/mol. The van der Waals surface area contributed by atoms with E-state index in [1.807, 2.05) is 6.08 Å². The fourth-order valence-corrected chi connectivity index (χ4v) is 3.60. The first-order chi connectivity index (χ1) is 15.1. The Morgan fingerprint density at radius 3 is 2.53 bits per heavy atom. The summed E-state index contributed by atoms with van der Waals surface area (Å²) in [7, 11) is 4.33. The molecule has 3 rings (SSSR count). The highest BCUT2D eigenvalue weighted by Gasteiger charge is 2.29. The van der Waals surface area contributed by atoms with Gasteiger partial charge in [-0.3, -0.25) is 24.3 Å². The molecule has 0 fully saturated rings. The van der Waals surface area contributed by atoms with Crippen LogP contribution in [0.3, 0.4) is 0 Å². The van der Waals surface area contributed by atoms with Crippen LogP contribution < -0.4 is 10.2 Å². The number of amides is 3. The monoisotopic (exact) mass is 437 g/mol. The number of aryl methyl sites for hydroxylation is 1. The Bertz CT molecular complexity index is 1140. The van der Waals surface area contributed by atoms with Crippen LogP contribution in [0, 0.1) is 12.8 Å². The fourth-order valence-electron chi connectivity index (χ4n) is 3.60. The summed E-state index contributed by atoms with van der Waals surface area (Å²) in [5.41, 5.74) is 1.03. The third-order valence-electron chi connectivity index (χ3n) is 5.51.